The van der Waals surface area contributed by atoms with Gasteiger partial charge in [0.25, 0.3) is 0 Å². The maximum Gasteiger partial charge on any atom is 0.317 e. The van der Waals surface area contributed by atoms with Crippen LogP contribution in [-0.4, -0.2) is 40.5 Å². The van der Waals surface area contributed by atoms with E-state index in [0.717, 1.165) is 41.3 Å². The Morgan fingerprint density at radius 2 is 1.70 bits per heavy atom. The number of carbonyl (C=O) groups is 1. The zero-order valence-corrected chi connectivity index (χ0v) is 14.1. The van der Waals surface area contributed by atoms with E-state index in [4.69, 9.17) is 0 Å². The quantitative estimate of drug-likeness (QED) is 0.937. The lowest BCUT2D eigenvalue weighted by Crippen LogP contribution is -2.45. The number of carbonyl (C=O) groups excluding carboxylic acids is 1. The second kappa shape index (κ2) is 7.51. The molecule has 1 aliphatic heterocycles. The molecule has 4 nitrogen and oxygen atoms in total. The van der Waals surface area contributed by atoms with E-state index in [0.29, 0.717) is 0 Å². The summed E-state index contributed by atoms with van der Waals surface area (Å²) >= 11 is 1.90. The fraction of sp³-hybridized carbons (Fsp3) is 0.333. The first-order valence-corrected chi connectivity index (χ1v) is 9.03. The predicted octanol–water partition coefficient (Wildman–Crippen LogP) is 3.57. The van der Waals surface area contributed by atoms with Crippen molar-refractivity contribution in [3.8, 4) is 11.1 Å². The summed E-state index contributed by atoms with van der Waals surface area (Å²) in [5.74, 6) is 2.06. The molecule has 0 saturated carbocycles. The Bertz CT molecular complexity index is 639. The molecule has 1 N–H and O–H groups in total. The second-order valence-electron chi connectivity index (χ2n) is 5.63. The van der Waals surface area contributed by atoms with Crippen molar-refractivity contribution in [3.05, 3.63) is 54.4 Å². The minimum Gasteiger partial charge on any atom is -0.331 e. The number of nitrogens with one attached hydrogen (secondary N) is 1. The topological polar surface area (TPSA) is 45.2 Å². The number of hydrogen-bond acceptors (Lipinski definition) is 3. The third-order valence-electron chi connectivity index (χ3n) is 4.06. The van der Waals surface area contributed by atoms with Gasteiger partial charge in [0.05, 0.1) is 6.04 Å². The summed E-state index contributed by atoms with van der Waals surface area (Å²) in [7, 11) is 0. The van der Waals surface area contributed by atoms with Crippen LogP contribution in [-0.2, 0) is 0 Å². The molecule has 1 aliphatic rings. The van der Waals surface area contributed by atoms with Gasteiger partial charge in [0.2, 0.25) is 0 Å². The number of hydrogen-bond donors (Lipinski definition) is 1. The number of rotatable bonds is 3. The van der Waals surface area contributed by atoms with Crippen LogP contribution in [0.3, 0.4) is 0 Å². The highest BCUT2D eigenvalue weighted by molar-refractivity contribution is 7.99. The molecule has 23 heavy (non-hydrogen) atoms. The molecular formula is C18H21N3OS. The molecule has 0 unspecified atom stereocenters. The summed E-state index contributed by atoms with van der Waals surface area (Å²) in [5.41, 5.74) is 3.42. The Morgan fingerprint density at radius 1 is 1.09 bits per heavy atom. The van der Waals surface area contributed by atoms with E-state index < -0.39 is 0 Å². The van der Waals surface area contributed by atoms with Crippen LogP contribution in [0.2, 0.25) is 0 Å². The van der Waals surface area contributed by atoms with Crippen LogP contribution < -0.4 is 5.32 Å². The molecule has 0 bridgehead atoms. The highest BCUT2D eigenvalue weighted by Crippen LogP contribution is 2.21. The van der Waals surface area contributed by atoms with E-state index in [1.54, 1.807) is 12.4 Å². The number of thioether (sulfide) groups is 1. The molecule has 1 atom stereocenters. The van der Waals surface area contributed by atoms with Crippen LogP contribution in [0.4, 0.5) is 4.79 Å². The van der Waals surface area contributed by atoms with Gasteiger partial charge in [0.15, 0.2) is 0 Å². The molecule has 1 saturated heterocycles. The Kier molecular flexibility index (Phi) is 5.18. The summed E-state index contributed by atoms with van der Waals surface area (Å²) in [6, 6.07) is 12.4. The van der Waals surface area contributed by atoms with Gasteiger partial charge in [0, 0.05) is 37.0 Å². The van der Waals surface area contributed by atoms with E-state index >= 15 is 0 Å². The predicted molar refractivity (Wildman–Crippen MR) is 95.5 cm³/mol. The summed E-state index contributed by atoms with van der Waals surface area (Å²) < 4.78 is 0. The van der Waals surface area contributed by atoms with Crippen LogP contribution >= 0.6 is 11.8 Å². The van der Waals surface area contributed by atoms with Crippen LogP contribution in [0, 0.1) is 0 Å². The zero-order chi connectivity index (χ0) is 16.1. The summed E-state index contributed by atoms with van der Waals surface area (Å²) in [6.45, 7) is 3.70. The van der Waals surface area contributed by atoms with Gasteiger partial charge < -0.3 is 10.2 Å². The molecule has 120 valence electrons. The van der Waals surface area contributed by atoms with Crippen molar-refractivity contribution >= 4 is 17.8 Å². The molecule has 2 amide bonds. The number of benzene rings is 1. The molecule has 3 rings (SSSR count). The lowest BCUT2D eigenvalue weighted by Gasteiger charge is -2.28. The van der Waals surface area contributed by atoms with Gasteiger partial charge in [-0.3, -0.25) is 4.98 Å². The van der Waals surface area contributed by atoms with Gasteiger partial charge in [-0.05, 0) is 35.7 Å². The first-order valence-electron chi connectivity index (χ1n) is 7.87. The summed E-state index contributed by atoms with van der Waals surface area (Å²) in [4.78, 5) is 18.2. The molecule has 0 aliphatic carbocycles. The molecule has 1 aromatic carbocycles. The lowest BCUT2D eigenvalue weighted by atomic mass is 10.0. The van der Waals surface area contributed by atoms with Gasteiger partial charge in [-0.1, -0.05) is 24.3 Å². The van der Waals surface area contributed by atoms with Crippen LogP contribution in [0.15, 0.2) is 48.8 Å². The molecule has 5 heteroatoms. The Morgan fingerprint density at radius 3 is 2.35 bits per heavy atom. The Balaban J connectivity index is 1.63. The highest BCUT2D eigenvalue weighted by Gasteiger charge is 2.18. The molecule has 2 heterocycles. The van der Waals surface area contributed by atoms with Crippen molar-refractivity contribution in [1.29, 1.82) is 0 Å². The molecule has 1 aromatic heterocycles. The van der Waals surface area contributed by atoms with Crippen molar-refractivity contribution in [2.24, 2.45) is 0 Å². The second-order valence-corrected chi connectivity index (χ2v) is 6.85. The Hall–Kier alpha value is -2.01. The van der Waals surface area contributed by atoms with E-state index in [9.17, 15) is 4.79 Å². The van der Waals surface area contributed by atoms with E-state index in [2.05, 4.69) is 34.6 Å². The third kappa shape index (κ3) is 4.05. The molecule has 0 radical (unpaired) electrons. The van der Waals surface area contributed by atoms with Crippen molar-refractivity contribution in [2.45, 2.75) is 13.0 Å². The highest BCUT2D eigenvalue weighted by atomic mass is 32.2. The normalized spacial score (nSPS) is 16.0. The minimum absolute atomic E-state index is 0.00331. The minimum atomic E-state index is 0.00331. The van der Waals surface area contributed by atoms with Crippen molar-refractivity contribution in [1.82, 2.24) is 15.2 Å². The average molecular weight is 327 g/mol. The zero-order valence-electron chi connectivity index (χ0n) is 13.2. The smallest absolute Gasteiger partial charge is 0.317 e. The summed E-state index contributed by atoms with van der Waals surface area (Å²) in [6.07, 6.45) is 3.59. The van der Waals surface area contributed by atoms with Gasteiger partial charge >= 0.3 is 6.03 Å². The van der Waals surface area contributed by atoms with Crippen LogP contribution in [0.25, 0.3) is 11.1 Å². The SMILES string of the molecule is C[C@@H](NC(=O)N1CCSCC1)c1ccc(-c2ccncc2)cc1. The first-order chi connectivity index (χ1) is 11.2. The number of aromatic nitrogens is 1. The number of nitrogens with zero attached hydrogens (tertiary/aromatic N) is 2. The number of urea groups is 1. The Labute approximate surface area is 141 Å². The fourth-order valence-electron chi connectivity index (χ4n) is 2.63. The van der Waals surface area contributed by atoms with Gasteiger partial charge in [-0.15, -0.1) is 0 Å². The summed E-state index contributed by atoms with van der Waals surface area (Å²) in [5, 5.41) is 3.09. The number of amides is 2. The van der Waals surface area contributed by atoms with Crippen molar-refractivity contribution < 1.29 is 4.79 Å². The average Bonchev–Trinajstić information content (AvgIpc) is 2.63. The van der Waals surface area contributed by atoms with Gasteiger partial charge in [-0.25, -0.2) is 4.79 Å². The lowest BCUT2D eigenvalue weighted by molar-refractivity contribution is 0.200. The third-order valence-corrected chi connectivity index (χ3v) is 5.01. The largest absolute Gasteiger partial charge is 0.331 e. The van der Waals surface area contributed by atoms with Gasteiger partial charge in [0.1, 0.15) is 0 Å². The van der Waals surface area contributed by atoms with Gasteiger partial charge in [-0.2, -0.15) is 11.8 Å². The van der Waals surface area contributed by atoms with E-state index in [1.807, 2.05) is 35.7 Å². The maximum atomic E-state index is 12.3. The first kappa shape index (κ1) is 15.9. The molecular weight excluding hydrogens is 306 g/mol. The maximum absolute atomic E-state index is 12.3. The van der Waals surface area contributed by atoms with Crippen LogP contribution in [0.1, 0.15) is 18.5 Å². The fourth-order valence-corrected chi connectivity index (χ4v) is 3.54. The molecule has 0 spiro atoms. The van der Waals surface area contributed by atoms with Crippen molar-refractivity contribution in [3.63, 3.8) is 0 Å². The van der Waals surface area contributed by atoms with Crippen LogP contribution in [0.5, 0.6) is 0 Å². The van der Waals surface area contributed by atoms with E-state index in [-0.39, 0.29) is 12.1 Å². The number of pyridine rings is 1. The van der Waals surface area contributed by atoms with Crippen molar-refractivity contribution in [2.75, 3.05) is 24.6 Å². The monoisotopic (exact) mass is 327 g/mol. The standard InChI is InChI=1S/C18H21N3OS/c1-14(20-18(22)21-10-12-23-13-11-21)15-2-4-16(5-3-15)17-6-8-19-9-7-17/h2-9,14H,10-13H2,1H3,(H,20,22)/t14-/m1/s1. The molecule has 1 fully saturated rings. The van der Waals surface area contributed by atoms with E-state index in [1.165, 1.54) is 0 Å². The molecule has 2 aromatic rings.